The van der Waals surface area contributed by atoms with Crippen LogP contribution in [0.1, 0.15) is 45.9 Å². The first kappa shape index (κ1) is 14.1. The SMILES string of the molecule is Cc1cc(C(=O)O)ccc1NC(C)c1c(C)noc1C. The lowest BCUT2D eigenvalue weighted by atomic mass is 10.0. The summed E-state index contributed by atoms with van der Waals surface area (Å²) >= 11 is 0. The van der Waals surface area contributed by atoms with E-state index in [0.29, 0.717) is 0 Å². The Labute approximate surface area is 117 Å². The normalized spacial score (nSPS) is 12.2. The van der Waals surface area contributed by atoms with Crippen LogP contribution in [-0.2, 0) is 0 Å². The summed E-state index contributed by atoms with van der Waals surface area (Å²) in [6.07, 6.45) is 0. The van der Waals surface area contributed by atoms with Crippen LogP contribution >= 0.6 is 0 Å². The molecule has 1 unspecified atom stereocenters. The lowest BCUT2D eigenvalue weighted by molar-refractivity contribution is 0.0697. The molecule has 1 aromatic heterocycles. The summed E-state index contributed by atoms with van der Waals surface area (Å²) in [6.45, 7) is 7.70. The van der Waals surface area contributed by atoms with Gasteiger partial charge in [0.25, 0.3) is 0 Å². The minimum atomic E-state index is -0.918. The van der Waals surface area contributed by atoms with E-state index in [1.54, 1.807) is 18.2 Å². The molecule has 0 amide bonds. The van der Waals surface area contributed by atoms with Crippen LogP contribution in [-0.4, -0.2) is 16.2 Å². The molecule has 0 saturated heterocycles. The maximum absolute atomic E-state index is 10.9. The molecule has 1 aromatic carbocycles. The van der Waals surface area contributed by atoms with Crippen LogP contribution in [0.4, 0.5) is 5.69 Å². The smallest absolute Gasteiger partial charge is 0.335 e. The number of aromatic carboxylic acids is 1. The van der Waals surface area contributed by atoms with Crippen LogP contribution in [0.2, 0.25) is 0 Å². The number of carbonyl (C=O) groups is 1. The van der Waals surface area contributed by atoms with Crippen LogP contribution in [0.15, 0.2) is 22.7 Å². The van der Waals surface area contributed by atoms with Crippen LogP contribution in [0, 0.1) is 20.8 Å². The summed E-state index contributed by atoms with van der Waals surface area (Å²) < 4.78 is 5.17. The molecule has 20 heavy (non-hydrogen) atoms. The minimum Gasteiger partial charge on any atom is -0.478 e. The molecule has 5 heteroatoms. The van der Waals surface area contributed by atoms with Crippen molar-refractivity contribution in [3.8, 4) is 0 Å². The molecule has 2 N–H and O–H groups in total. The van der Waals surface area contributed by atoms with Crippen molar-refractivity contribution in [1.29, 1.82) is 0 Å². The van der Waals surface area contributed by atoms with E-state index in [1.807, 2.05) is 27.7 Å². The largest absolute Gasteiger partial charge is 0.478 e. The van der Waals surface area contributed by atoms with Crippen molar-refractivity contribution >= 4 is 11.7 Å². The Morgan fingerprint density at radius 3 is 2.55 bits per heavy atom. The zero-order valence-corrected chi connectivity index (χ0v) is 12.0. The van der Waals surface area contributed by atoms with Crippen molar-refractivity contribution in [3.63, 3.8) is 0 Å². The molecule has 0 aliphatic heterocycles. The zero-order valence-electron chi connectivity index (χ0n) is 12.0. The van der Waals surface area contributed by atoms with Gasteiger partial charge in [0.2, 0.25) is 0 Å². The second-order valence-corrected chi connectivity index (χ2v) is 4.94. The third-order valence-electron chi connectivity index (χ3n) is 3.37. The molecule has 1 heterocycles. The Hall–Kier alpha value is -2.30. The molecule has 0 bridgehead atoms. The van der Waals surface area contributed by atoms with Gasteiger partial charge in [0, 0.05) is 11.3 Å². The number of hydrogen-bond acceptors (Lipinski definition) is 4. The highest BCUT2D eigenvalue weighted by atomic mass is 16.5. The van der Waals surface area contributed by atoms with Gasteiger partial charge in [0.15, 0.2) is 0 Å². The number of aromatic nitrogens is 1. The maximum atomic E-state index is 10.9. The number of rotatable bonds is 4. The number of nitrogens with one attached hydrogen (secondary N) is 1. The third-order valence-corrected chi connectivity index (χ3v) is 3.37. The molecule has 0 aliphatic carbocycles. The summed E-state index contributed by atoms with van der Waals surface area (Å²) in [5.74, 6) is -0.124. The molecule has 0 saturated carbocycles. The number of hydrogen-bond donors (Lipinski definition) is 2. The van der Waals surface area contributed by atoms with Gasteiger partial charge in [-0.25, -0.2) is 4.79 Å². The van der Waals surface area contributed by atoms with E-state index in [2.05, 4.69) is 10.5 Å². The van der Waals surface area contributed by atoms with Crippen molar-refractivity contribution in [2.24, 2.45) is 0 Å². The molecule has 1 atom stereocenters. The summed E-state index contributed by atoms with van der Waals surface area (Å²) in [4.78, 5) is 10.9. The molecule has 2 aromatic rings. The average molecular weight is 274 g/mol. The van der Waals surface area contributed by atoms with Crippen molar-refractivity contribution in [3.05, 3.63) is 46.3 Å². The molecule has 5 nitrogen and oxygen atoms in total. The van der Waals surface area contributed by atoms with Gasteiger partial charge < -0.3 is 14.9 Å². The second-order valence-electron chi connectivity index (χ2n) is 4.94. The lowest BCUT2D eigenvalue weighted by Crippen LogP contribution is -2.10. The number of carboxylic acid groups (broad SMARTS) is 1. The topological polar surface area (TPSA) is 75.4 Å². The molecule has 0 radical (unpaired) electrons. The Morgan fingerprint density at radius 1 is 1.35 bits per heavy atom. The fourth-order valence-electron chi connectivity index (χ4n) is 2.37. The second kappa shape index (κ2) is 5.36. The van der Waals surface area contributed by atoms with Gasteiger partial charge in [-0.3, -0.25) is 0 Å². The van der Waals surface area contributed by atoms with Gasteiger partial charge >= 0.3 is 5.97 Å². The quantitative estimate of drug-likeness (QED) is 0.892. The molecule has 2 rings (SSSR count). The van der Waals surface area contributed by atoms with Gasteiger partial charge in [0.1, 0.15) is 5.76 Å². The predicted molar refractivity (Wildman–Crippen MR) is 76.2 cm³/mol. The highest BCUT2D eigenvalue weighted by molar-refractivity contribution is 5.88. The first-order valence-corrected chi connectivity index (χ1v) is 6.43. The van der Waals surface area contributed by atoms with Gasteiger partial charge in [0.05, 0.1) is 17.3 Å². The maximum Gasteiger partial charge on any atom is 0.335 e. The lowest BCUT2D eigenvalue weighted by Gasteiger charge is -2.17. The number of benzene rings is 1. The van der Waals surface area contributed by atoms with Gasteiger partial charge in [-0.05, 0) is 51.5 Å². The van der Waals surface area contributed by atoms with Gasteiger partial charge in [-0.15, -0.1) is 0 Å². The van der Waals surface area contributed by atoms with Gasteiger partial charge in [-0.1, -0.05) is 5.16 Å². The van der Waals surface area contributed by atoms with E-state index in [-0.39, 0.29) is 11.6 Å². The van der Waals surface area contributed by atoms with Crippen LogP contribution in [0.25, 0.3) is 0 Å². The van der Waals surface area contributed by atoms with E-state index >= 15 is 0 Å². The summed E-state index contributed by atoms with van der Waals surface area (Å²) in [6, 6.07) is 5.08. The molecule has 0 aliphatic rings. The highest BCUT2D eigenvalue weighted by Crippen LogP contribution is 2.26. The monoisotopic (exact) mass is 274 g/mol. The number of carboxylic acids is 1. The first-order valence-electron chi connectivity index (χ1n) is 6.43. The predicted octanol–water partition coefficient (Wildman–Crippen LogP) is 3.47. The zero-order chi connectivity index (χ0) is 14.9. The molecule has 0 spiro atoms. The number of aryl methyl sites for hydroxylation is 3. The van der Waals surface area contributed by atoms with E-state index in [4.69, 9.17) is 9.63 Å². The van der Waals surface area contributed by atoms with Crippen molar-refractivity contribution in [1.82, 2.24) is 5.16 Å². The highest BCUT2D eigenvalue weighted by Gasteiger charge is 2.17. The van der Waals surface area contributed by atoms with Gasteiger partial charge in [-0.2, -0.15) is 0 Å². The minimum absolute atomic E-state index is 0.0376. The average Bonchev–Trinajstić information content (AvgIpc) is 2.71. The Balaban J connectivity index is 2.24. The molecular formula is C15H18N2O3. The Bertz CT molecular complexity index is 627. The summed E-state index contributed by atoms with van der Waals surface area (Å²) in [7, 11) is 0. The van der Waals surface area contributed by atoms with Crippen molar-refractivity contribution < 1.29 is 14.4 Å². The Morgan fingerprint density at radius 2 is 2.05 bits per heavy atom. The van der Waals surface area contributed by atoms with E-state index in [0.717, 1.165) is 28.3 Å². The molecule has 0 fully saturated rings. The third kappa shape index (κ3) is 2.66. The first-order chi connectivity index (χ1) is 9.40. The fourth-order valence-corrected chi connectivity index (χ4v) is 2.37. The van der Waals surface area contributed by atoms with Crippen LogP contribution in [0.5, 0.6) is 0 Å². The summed E-state index contributed by atoms with van der Waals surface area (Å²) in [5, 5.41) is 16.3. The van der Waals surface area contributed by atoms with Crippen LogP contribution in [0.3, 0.4) is 0 Å². The molecular weight excluding hydrogens is 256 g/mol. The summed E-state index contributed by atoms with van der Waals surface area (Å²) in [5.41, 5.74) is 3.98. The molecule has 106 valence electrons. The number of nitrogens with zero attached hydrogens (tertiary/aromatic N) is 1. The fraction of sp³-hybridized carbons (Fsp3) is 0.333. The van der Waals surface area contributed by atoms with E-state index in [9.17, 15) is 4.79 Å². The number of anilines is 1. The van der Waals surface area contributed by atoms with Crippen LogP contribution < -0.4 is 5.32 Å². The Kier molecular flexibility index (Phi) is 3.79. The van der Waals surface area contributed by atoms with E-state index < -0.39 is 5.97 Å². The standard InChI is InChI=1S/C15H18N2O3/c1-8-7-12(15(18)19)5-6-13(8)16-9(2)14-10(3)17-20-11(14)4/h5-7,9,16H,1-4H3,(H,18,19). The van der Waals surface area contributed by atoms with E-state index in [1.165, 1.54) is 0 Å². The van der Waals surface area contributed by atoms with Crippen molar-refractivity contribution in [2.45, 2.75) is 33.7 Å². The van der Waals surface area contributed by atoms with Crippen molar-refractivity contribution in [2.75, 3.05) is 5.32 Å².